The smallest absolute Gasteiger partial charge is 0.305 e. The Morgan fingerprint density at radius 1 is 1.14 bits per heavy atom. The number of hydrogen-bond acceptors (Lipinski definition) is 3. The molecular weight excluding hydrogens is 266 g/mol. The van der Waals surface area contributed by atoms with Crippen LogP contribution >= 0.6 is 0 Å². The number of carbonyl (C=O) groups is 2. The number of nitrogens with one attached hydrogen (secondary N) is 1. The SMILES string of the molecule is CCOC(=O)CCCNC(=O)c1ccc(C(C)(C)C)cc1. The maximum atomic E-state index is 11.9. The molecule has 1 N–H and O–H groups in total. The van der Waals surface area contributed by atoms with E-state index in [-0.39, 0.29) is 17.3 Å². The largest absolute Gasteiger partial charge is 0.466 e. The van der Waals surface area contributed by atoms with Crippen LogP contribution < -0.4 is 5.32 Å². The van der Waals surface area contributed by atoms with E-state index < -0.39 is 0 Å². The molecule has 1 rings (SSSR count). The van der Waals surface area contributed by atoms with E-state index in [2.05, 4.69) is 26.1 Å². The molecule has 0 radical (unpaired) electrons. The standard InChI is InChI=1S/C17H25NO3/c1-5-21-15(19)7-6-12-18-16(20)13-8-10-14(11-9-13)17(2,3)4/h8-11H,5-7,12H2,1-4H3,(H,18,20). The first-order valence-electron chi connectivity index (χ1n) is 7.39. The van der Waals surface area contributed by atoms with E-state index in [0.717, 1.165) is 0 Å². The zero-order valence-corrected chi connectivity index (χ0v) is 13.4. The van der Waals surface area contributed by atoms with Crippen LogP contribution in [0.15, 0.2) is 24.3 Å². The van der Waals surface area contributed by atoms with Gasteiger partial charge in [0.1, 0.15) is 0 Å². The average Bonchev–Trinajstić information content (AvgIpc) is 2.43. The number of rotatable bonds is 6. The van der Waals surface area contributed by atoms with Crippen LogP contribution in [0.4, 0.5) is 0 Å². The van der Waals surface area contributed by atoms with Crippen LogP contribution in [0.25, 0.3) is 0 Å². The molecule has 0 atom stereocenters. The van der Waals surface area contributed by atoms with E-state index in [9.17, 15) is 9.59 Å². The summed E-state index contributed by atoms with van der Waals surface area (Å²) in [5, 5.41) is 2.81. The van der Waals surface area contributed by atoms with Crippen molar-refractivity contribution in [2.45, 2.75) is 46.0 Å². The predicted octanol–water partition coefficient (Wildman–Crippen LogP) is 3.06. The molecular formula is C17H25NO3. The van der Waals surface area contributed by atoms with Crippen LogP contribution in [0.2, 0.25) is 0 Å². The van der Waals surface area contributed by atoms with Gasteiger partial charge in [-0.1, -0.05) is 32.9 Å². The molecule has 0 aliphatic rings. The third kappa shape index (κ3) is 5.98. The fourth-order valence-electron chi connectivity index (χ4n) is 1.89. The Kier molecular flexibility index (Phi) is 6.40. The van der Waals surface area contributed by atoms with Crippen molar-refractivity contribution in [3.63, 3.8) is 0 Å². The van der Waals surface area contributed by atoms with E-state index in [1.54, 1.807) is 6.92 Å². The summed E-state index contributed by atoms with van der Waals surface area (Å²) in [4.78, 5) is 23.1. The van der Waals surface area contributed by atoms with Crippen LogP contribution in [0.5, 0.6) is 0 Å². The second kappa shape index (κ2) is 7.81. The van der Waals surface area contributed by atoms with Crippen molar-refractivity contribution in [1.82, 2.24) is 5.32 Å². The van der Waals surface area contributed by atoms with Gasteiger partial charge in [-0.2, -0.15) is 0 Å². The quantitative estimate of drug-likeness (QED) is 0.647. The van der Waals surface area contributed by atoms with Gasteiger partial charge in [0.05, 0.1) is 6.61 Å². The normalized spacial score (nSPS) is 11.0. The summed E-state index contributed by atoms with van der Waals surface area (Å²) < 4.78 is 4.83. The Morgan fingerprint density at radius 3 is 2.29 bits per heavy atom. The van der Waals surface area contributed by atoms with Gasteiger partial charge in [-0.3, -0.25) is 9.59 Å². The minimum absolute atomic E-state index is 0.0780. The van der Waals surface area contributed by atoms with Crippen molar-refractivity contribution in [2.75, 3.05) is 13.2 Å². The van der Waals surface area contributed by atoms with Crippen LogP contribution in [-0.2, 0) is 14.9 Å². The van der Waals surface area contributed by atoms with Crippen LogP contribution in [0.3, 0.4) is 0 Å². The number of carbonyl (C=O) groups excluding carboxylic acids is 2. The molecule has 0 saturated heterocycles. The Balaban J connectivity index is 2.41. The first-order valence-corrected chi connectivity index (χ1v) is 7.39. The Hall–Kier alpha value is -1.84. The van der Waals surface area contributed by atoms with Crippen molar-refractivity contribution < 1.29 is 14.3 Å². The molecule has 1 amide bonds. The van der Waals surface area contributed by atoms with Gasteiger partial charge in [-0.15, -0.1) is 0 Å². The molecule has 0 aliphatic heterocycles. The molecule has 4 nitrogen and oxygen atoms in total. The Bertz CT molecular complexity index is 472. The van der Waals surface area contributed by atoms with E-state index in [1.165, 1.54) is 5.56 Å². The number of benzene rings is 1. The maximum Gasteiger partial charge on any atom is 0.305 e. The summed E-state index contributed by atoms with van der Waals surface area (Å²) in [7, 11) is 0. The van der Waals surface area contributed by atoms with Crippen LogP contribution in [0, 0.1) is 0 Å². The lowest BCUT2D eigenvalue weighted by Gasteiger charge is -2.19. The molecule has 0 aromatic heterocycles. The Morgan fingerprint density at radius 2 is 1.76 bits per heavy atom. The van der Waals surface area contributed by atoms with Crippen LogP contribution in [-0.4, -0.2) is 25.0 Å². The number of ether oxygens (including phenoxy) is 1. The van der Waals surface area contributed by atoms with Gasteiger partial charge in [0.2, 0.25) is 0 Å². The molecule has 0 heterocycles. The molecule has 0 aliphatic carbocycles. The molecule has 1 aromatic rings. The molecule has 116 valence electrons. The van der Waals surface area contributed by atoms with E-state index >= 15 is 0 Å². The first kappa shape index (κ1) is 17.2. The van der Waals surface area contributed by atoms with Gasteiger partial charge >= 0.3 is 5.97 Å². The van der Waals surface area contributed by atoms with Gasteiger partial charge in [0.25, 0.3) is 5.91 Å². The Labute approximate surface area is 126 Å². The van der Waals surface area contributed by atoms with Gasteiger partial charge in [0, 0.05) is 18.5 Å². The topological polar surface area (TPSA) is 55.4 Å². The van der Waals surface area contributed by atoms with Crippen molar-refractivity contribution in [3.05, 3.63) is 35.4 Å². The van der Waals surface area contributed by atoms with E-state index in [0.29, 0.717) is 31.6 Å². The van der Waals surface area contributed by atoms with Crippen molar-refractivity contribution in [1.29, 1.82) is 0 Å². The van der Waals surface area contributed by atoms with E-state index in [1.807, 2.05) is 24.3 Å². The number of hydrogen-bond donors (Lipinski definition) is 1. The zero-order valence-electron chi connectivity index (χ0n) is 13.4. The first-order chi connectivity index (χ1) is 9.84. The summed E-state index contributed by atoms with van der Waals surface area (Å²) in [6.45, 7) is 9.05. The van der Waals surface area contributed by atoms with Crippen molar-refractivity contribution in [3.8, 4) is 0 Å². The molecule has 0 unspecified atom stereocenters. The molecule has 0 spiro atoms. The minimum atomic E-state index is -0.221. The third-order valence-corrected chi connectivity index (χ3v) is 3.16. The second-order valence-electron chi connectivity index (χ2n) is 5.99. The van der Waals surface area contributed by atoms with Gasteiger partial charge < -0.3 is 10.1 Å². The fourth-order valence-corrected chi connectivity index (χ4v) is 1.89. The maximum absolute atomic E-state index is 11.9. The zero-order chi connectivity index (χ0) is 15.9. The van der Waals surface area contributed by atoms with Gasteiger partial charge in [-0.25, -0.2) is 0 Å². The number of esters is 1. The summed E-state index contributed by atoms with van der Waals surface area (Å²) in [6, 6.07) is 7.63. The molecule has 1 aromatic carbocycles. The highest BCUT2D eigenvalue weighted by molar-refractivity contribution is 5.94. The highest BCUT2D eigenvalue weighted by Gasteiger charge is 2.14. The molecule has 0 fully saturated rings. The lowest BCUT2D eigenvalue weighted by atomic mass is 9.87. The summed E-state index contributed by atoms with van der Waals surface area (Å²) in [6.07, 6.45) is 0.918. The van der Waals surface area contributed by atoms with Gasteiger partial charge in [0.15, 0.2) is 0 Å². The average molecular weight is 291 g/mol. The monoisotopic (exact) mass is 291 g/mol. The summed E-state index contributed by atoms with van der Waals surface area (Å²) in [5.41, 5.74) is 1.91. The predicted molar refractivity (Wildman–Crippen MR) is 83.3 cm³/mol. The third-order valence-electron chi connectivity index (χ3n) is 3.16. The molecule has 21 heavy (non-hydrogen) atoms. The summed E-state index contributed by atoms with van der Waals surface area (Å²) >= 11 is 0. The molecule has 0 saturated carbocycles. The minimum Gasteiger partial charge on any atom is -0.466 e. The second-order valence-corrected chi connectivity index (χ2v) is 5.99. The van der Waals surface area contributed by atoms with Crippen molar-refractivity contribution >= 4 is 11.9 Å². The fraction of sp³-hybridized carbons (Fsp3) is 0.529. The van der Waals surface area contributed by atoms with Gasteiger partial charge in [-0.05, 0) is 36.5 Å². The molecule has 4 heteroatoms. The lowest BCUT2D eigenvalue weighted by Crippen LogP contribution is -2.25. The van der Waals surface area contributed by atoms with Crippen molar-refractivity contribution in [2.24, 2.45) is 0 Å². The summed E-state index contributed by atoms with van der Waals surface area (Å²) in [5.74, 6) is -0.333. The highest BCUT2D eigenvalue weighted by Crippen LogP contribution is 2.22. The highest BCUT2D eigenvalue weighted by atomic mass is 16.5. The van der Waals surface area contributed by atoms with Crippen LogP contribution in [0.1, 0.15) is 56.5 Å². The number of amides is 1. The molecule has 0 bridgehead atoms. The lowest BCUT2D eigenvalue weighted by molar-refractivity contribution is -0.143. The van der Waals surface area contributed by atoms with E-state index in [4.69, 9.17) is 4.74 Å².